The van der Waals surface area contributed by atoms with Gasteiger partial charge in [-0.1, -0.05) is 12.1 Å². The van der Waals surface area contributed by atoms with Crippen LogP contribution in [0.5, 0.6) is 0 Å². The Bertz CT molecular complexity index is 413. The van der Waals surface area contributed by atoms with Crippen LogP contribution in [-0.4, -0.2) is 12.2 Å². The number of hydrogen-bond acceptors (Lipinski definition) is 3. The molecule has 3 nitrogen and oxygen atoms in total. The second-order valence-corrected chi connectivity index (χ2v) is 5.27. The number of ether oxygens (including phenoxy) is 1. The molecule has 0 aliphatic rings. The Kier molecular flexibility index (Phi) is 4.95. The van der Waals surface area contributed by atoms with Gasteiger partial charge in [0.15, 0.2) is 0 Å². The van der Waals surface area contributed by atoms with Crippen molar-refractivity contribution >= 4 is 0 Å². The smallest absolute Gasteiger partial charge is 0.374 e. The van der Waals surface area contributed by atoms with E-state index in [0.717, 1.165) is 12.1 Å². The molecule has 0 saturated heterocycles. The third kappa shape index (κ3) is 5.18. The first-order chi connectivity index (χ1) is 8.63. The minimum absolute atomic E-state index is 0.196. The van der Waals surface area contributed by atoms with Crippen molar-refractivity contribution < 1.29 is 17.9 Å². The molecule has 108 valence electrons. The molecule has 0 fully saturated rings. The first kappa shape index (κ1) is 15.9. The Balaban J connectivity index is 2.87. The van der Waals surface area contributed by atoms with Gasteiger partial charge in [0.05, 0.1) is 23.8 Å². The number of benzene rings is 1. The van der Waals surface area contributed by atoms with Gasteiger partial charge in [-0.2, -0.15) is 13.2 Å². The predicted octanol–water partition coefficient (Wildman–Crippen LogP) is 3.02. The molecule has 0 aromatic heterocycles. The summed E-state index contributed by atoms with van der Waals surface area (Å²) in [6.07, 6.45) is -4.36. The maximum absolute atomic E-state index is 12.6. The fourth-order valence-corrected chi connectivity index (χ4v) is 1.51. The summed E-state index contributed by atoms with van der Waals surface area (Å²) in [5.74, 6) is 5.38. The normalized spacial score (nSPS) is 14.5. The zero-order valence-corrected chi connectivity index (χ0v) is 11.2. The van der Waals surface area contributed by atoms with Crippen molar-refractivity contribution in [2.75, 3.05) is 6.61 Å². The lowest BCUT2D eigenvalue weighted by atomic mass is 10.0. The van der Waals surface area contributed by atoms with Crippen molar-refractivity contribution in [3.05, 3.63) is 35.4 Å². The molecular formula is C13H19F3N2O. The number of alkyl halides is 3. The van der Waals surface area contributed by atoms with Gasteiger partial charge in [0.2, 0.25) is 0 Å². The van der Waals surface area contributed by atoms with Crippen LogP contribution < -0.4 is 11.3 Å². The Morgan fingerprint density at radius 2 is 1.89 bits per heavy atom. The number of nitrogens with two attached hydrogens (primary N) is 1. The topological polar surface area (TPSA) is 47.3 Å². The molecule has 1 atom stereocenters. The first-order valence-corrected chi connectivity index (χ1v) is 5.91. The molecule has 6 heteroatoms. The zero-order chi connectivity index (χ0) is 14.7. The first-order valence-electron chi connectivity index (χ1n) is 5.91. The van der Waals surface area contributed by atoms with Crippen molar-refractivity contribution in [1.82, 2.24) is 5.43 Å². The average Bonchev–Trinajstić information content (AvgIpc) is 2.27. The second-order valence-electron chi connectivity index (χ2n) is 5.27. The van der Waals surface area contributed by atoms with Crippen LogP contribution in [0.1, 0.15) is 37.9 Å². The standard InChI is InChI=1S/C13H19F3N2O/c1-12(2,3)19-8-11(18-17)9-5-4-6-10(7-9)13(14,15)16/h4-7,11,18H,8,17H2,1-3H3. The van der Waals surface area contributed by atoms with Crippen LogP contribution in [-0.2, 0) is 10.9 Å². The van der Waals surface area contributed by atoms with Gasteiger partial charge in [0.25, 0.3) is 0 Å². The van der Waals surface area contributed by atoms with E-state index >= 15 is 0 Å². The summed E-state index contributed by atoms with van der Waals surface area (Å²) in [5.41, 5.74) is 1.85. The third-order valence-electron chi connectivity index (χ3n) is 2.50. The van der Waals surface area contributed by atoms with Gasteiger partial charge in [0, 0.05) is 0 Å². The minimum atomic E-state index is -4.36. The maximum atomic E-state index is 12.6. The van der Waals surface area contributed by atoms with E-state index in [2.05, 4.69) is 5.43 Å². The average molecular weight is 276 g/mol. The molecule has 0 amide bonds. The monoisotopic (exact) mass is 276 g/mol. The molecule has 19 heavy (non-hydrogen) atoms. The number of hydrogen-bond donors (Lipinski definition) is 2. The van der Waals surface area contributed by atoms with Crippen molar-refractivity contribution in [3.8, 4) is 0 Å². The lowest BCUT2D eigenvalue weighted by Crippen LogP contribution is -2.34. The number of rotatable bonds is 4. The van der Waals surface area contributed by atoms with Crippen molar-refractivity contribution in [3.63, 3.8) is 0 Å². The van der Waals surface area contributed by atoms with E-state index in [0.29, 0.717) is 5.56 Å². The fraction of sp³-hybridized carbons (Fsp3) is 0.538. The van der Waals surface area contributed by atoms with Crippen molar-refractivity contribution in [1.29, 1.82) is 0 Å². The predicted molar refractivity (Wildman–Crippen MR) is 67.2 cm³/mol. The van der Waals surface area contributed by atoms with Crippen LogP contribution in [0.25, 0.3) is 0 Å². The summed E-state index contributed by atoms with van der Waals surface area (Å²) >= 11 is 0. The van der Waals surface area contributed by atoms with Crippen LogP contribution >= 0.6 is 0 Å². The van der Waals surface area contributed by atoms with Crippen LogP contribution in [0, 0.1) is 0 Å². The summed E-state index contributed by atoms with van der Waals surface area (Å²) in [7, 11) is 0. The molecule has 0 heterocycles. The maximum Gasteiger partial charge on any atom is 0.416 e. The summed E-state index contributed by atoms with van der Waals surface area (Å²) in [5, 5.41) is 0. The van der Waals surface area contributed by atoms with E-state index in [1.165, 1.54) is 6.07 Å². The molecule has 1 aromatic carbocycles. The lowest BCUT2D eigenvalue weighted by Gasteiger charge is -2.24. The SMILES string of the molecule is CC(C)(C)OCC(NN)c1cccc(C(F)(F)F)c1. The highest BCUT2D eigenvalue weighted by atomic mass is 19.4. The summed E-state index contributed by atoms with van der Waals surface area (Å²) in [6.45, 7) is 5.80. The Hall–Kier alpha value is -1.11. The van der Waals surface area contributed by atoms with Gasteiger partial charge in [-0.05, 0) is 38.5 Å². The lowest BCUT2D eigenvalue weighted by molar-refractivity contribution is -0.137. The van der Waals surface area contributed by atoms with E-state index in [1.807, 2.05) is 20.8 Å². The summed E-state index contributed by atoms with van der Waals surface area (Å²) in [4.78, 5) is 0. The van der Waals surface area contributed by atoms with Gasteiger partial charge in [-0.25, -0.2) is 0 Å². The molecule has 1 rings (SSSR count). The van der Waals surface area contributed by atoms with E-state index in [9.17, 15) is 13.2 Å². The summed E-state index contributed by atoms with van der Waals surface area (Å²) < 4.78 is 43.4. The van der Waals surface area contributed by atoms with Crippen molar-refractivity contribution in [2.24, 2.45) is 5.84 Å². The number of nitrogens with one attached hydrogen (secondary N) is 1. The molecule has 0 saturated carbocycles. The summed E-state index contributed by atoms with van der Waals surface area (Å²) in [6, 6.07) is 4.57. The van der Waals surface area contributed by atoms with E-state index in [4.69, 9.17) is 10.6 Å². The zero-order valence-electron chi connectivity index (χ0n) is 11.2. The molecule has 0 aliphatic heterocycles. The largest absolute Gasteiger partial charge is 0.416 e. The molecule has 0 radical (unpaired) electrons. The molecule has 0 bridgehead atoms. The van der Waals surface area contributed by atoms with E-state index in [-0.39, 0.29) is 12.2 Å². The highest BCUT2D eigenvalue weighted by Gasteiger charge is 2.31. The molecule has 1 unspecified atom stereocenters. The van der Waals surface area contributed by atoms with E-state index < -0.39 is 17.8 Å². The van der Waals surface area contributed by atoms with Gasteiger partial charge in [-0.15, -0.1) is 0 Å². The van der Waals surface area contributed by atoms with Gasteiger partial charge in [-0.3, -0.25) is 11.3 Å². The molecule has 0 spiro atoms. The van der Waals surface area contributed by atoms with Crippen LogP contribution in [0.15, 0.2) is 24.3 Å². The van der Waals surface area contributed by atoms with Crippen LogP contribution in [0.3, 0.4) is 0 Å². The van der Waals surface area contributed by atoms with Crippen molar-refractivity contribution in [2.45, 2.75) is 38.6 Å². The minimum Gasteiger partial charge on any atom is -0.374 e. The molecular weight excluding hydrogens is 257 g/mol. The Morgan fingerprint density at radius 3 is 2.37 bits per heavy atom. The Morgan fingerprint density at radius 1 is 1.26 bits per heavy atom. The Labute approximate surface area is 110 Å². The fourth-order valence-electron chi connectivity index (χ4n) is 1.51. The molecule has 0 aliphatic carbocycles. The molecule has 1 aromatic rings. The van der Waals surface area contributed by atoms with Gasteiger partial charge < -0.3 is 4.74 Å². The van der Waals surface area contributed by atoms with Crippen LogP contribution in [0.4, 0.5) is 13.2 Å². The highest BCUT2D eigenvalue weighted by Crippen LogP contribution is 2.30. The molecule has 3 N–H and O–H groups in total. The number of hydrazine groups is 1. The third-order valence-corrected chi connectivity index (χ3v) is 2.50. The quantitative estimate of drug-likeness (QED) is 0.656. The van der Waals surface area contributed by atoms with Gasteiger partial charge in [0.1, 0.15) is 0 Å². The number of halogens is 3. The second kappa shape index (κ2) is 5.90. The van der Waals surface area contributed by atoms with E-state index in [1.54, 1.807) is 6.07 Å². The highest BCUT2D eigenvalue weighted by molar-refractivity contribution is 5.28. The van der Waals surface area contributed by atoms with Gasteiger partial charge >= 0.3 is 6.18 Å². The van der Waals surface area contributed by atoms with Crippen LogP contribution in [0.2, 0.25) is 0 Å².